The minimum absolute atomic E-state index is 0. The fourth-order valence-corrected chi connectivity index (χ4v) is 2.82. The molecule has 0 aromatic heterocycles. The molecule has 0 aliphatic rings. The first-order valence-electron chi connectivity index (χ1n) is 8.82. The average Bonchev–Trinajstić information content (AvgIpc) is 2.66. The van der Waals surface area contributed by atoms with Gasteiger partial charge in [-0.2, -0.15) is 0 Å². The summed E-state index contributed by atoms with van der Waals surface area (Å²) in [7, 11) is 1.66. The van der Waals surface area contributed by atoms with Crippen LogP contribution in [0.3, 0.4) is 0 Å². The minimum Gasteiger partial charge on any atom is -0.383 e. The van der Waals surface area contributed by atoms with Crippen LogP contribution in [0.5, 0.6) is 0 Å². The summed E-state index contributed by atoms with van der Waals surface area (Å²) in [4.78, 5) is 14.5. The molecular weight excluding hydrogens is 348 g/mol. The van der Waals surface area contributed by atoms with Crippen LogP contribution in [0.1, 0.15) is 30.0 Å². The molecule has 1 unspecified atom stereocenters. The Hall–Kier alpha value is -1.88. The van der Waals surface area contributed by atoms with Gasteiger partial charge in [-0.3, -0.25) is 4.79 Å². The summed E-state index contributed by atoms with van der Waals surface area (Å²) in [5.74, 6) is 0.0847. The van der Waals surface area contributed by atoms with E-state index in [2.05, 4.69) is 12.1 Å². The highest BCUT2D eigenvalue weighted by Gasteiger charge is 2.17. The van der Waals surface area contributed by atoms with Gasteiger partial charge in [-0.05, 0) is 24.0 Å². The van der Waals surface area contributed by atoms with Crippen molar-refractivity contribution in [3.05, 3.63) is 71.8 Å². The fraction of sp³-hybridized carbons (Fsp3) is 0.381. The molecule has 26 heavy (non-hydrogen) atoms. The number of halogens is 1. The van der Waals surface area contributed by atoms with Crippen LogP contribution in [0.2, 0.25) is 0 Å². The number of amides is 1. The van der Waals surface area contributed by atoms with Crippen molar-refractivity contribution in [2.24, 2.45) is 5.73 Å². The van der Waals surface area contributed by atoms with Crippen LogP contribution in [0.15, 0.2) is 60.7 Å². The molecule has 0 aliphatic carbocycles. The summed E-state index contributed by atoms with van der Waals surface area (Å²) in [5, 5.41) is 0. The first-order valence-corrected chi connectivity index (χ1v) is 8.82. The Kier molecular flexibility index (Phi) is 10.6. The van der Waals surface area contributed by atoms with E-state index < -0.39 is 0 Å². The molecule has 2 rings (SSSR count). The van der Waals surface area contributed by atoms with Gasteiger partial charge in [0.1, 0.15) is 0 Å². The highest BCUT2D eigenvalue weighted by molar-refractivity contribution is 5.85. The van der Waals surface area contributed by atoms with Crippen molar-refractivity contribution in [1.82, 2.24) is 4.90 Å². The van der Waals surface area contributed by atoms with Crippen molar-refractivity contribution >= 4 is 18.3 Å². The van der Waals surface area contributed by atoms with Gasteiger partial charge in [0, 0.05) is 32.7 Å². The molecule has 0 aliphatic heterocycles. The van der Waals surface area contributed by atoms with E-state index in [0.29, 0.717) is 19.6 Å². The van der Waals surface area contributed by atoms with Gasteiger partial charge in [-0.25, -0.2) is 0 Å². The van der Waals surface area contributed by atoms with Gasteiger partial charge in [0.25, 0.3) is 0 Å². The fourth-order valence-electron chi connectivity index (χ4n) is 2.82. The van der Waals surface area contributed by atoms with Crippen LogP contribution in [-0.4, -0.2) is 37.6 Å². The predicted octanol–water partition coefficient (Wildman–Crippen LogP) is 3.61. The second-order valence-electron chi connectivity index (χ2n) is 6.18. The summed E-state index contributed by atoms with van der Waals surface area (Å²) in [6.07, 6.45) is 2.21. The maximum absolute atomic E-state index is 12.7. The van der Waals surface area contributed by atoms with E-state index in [1.165, 1.54) is 5.56 Å². The number of hydrogen-bond donors (Lipinski definition) is 1. The van der Waals surface area contributed by atoms with Crippen LogP contribution in [-0.2, 0) is 16.0 Å². The van der Waals surface area contributed by atoms with Gasteiger partial charge in [0.15, 0.2) is 0 Å². The molecule has 1 atom stereocenters. The number of nitrogens with zero attached hydrogens (tertiary/aromatic N) is 1. The molecule has 142 valence electrons. The summed E-state index contributed by atoms with van der Waals surface area (Å²) in [5.41, 5.74) is 8.49. The minimum atomic E-state index is -0.270. The number of carbonyl (C=O) groups excluding carboxylic acids is 1. The lowest BCUT2D eigenvalue weighted by molar-refractivity contribution is -0.132. The van der Waals surface area contributed by atoms with Crippen molar-refractivity contribution in [3.63, 3.8) is 0 Å². The van der Waals surface area contributed by atoms with Gasteiger partial charge in [0.2, 0.25) is 5.91 Å². The van der Waals surface area contributed by atoms with Crippen molar-refractivity contribution in [1.29, 1.82) is 0 Å². The molecule has 0 fully saturated rings. The van der Waals surface area contributed by atoms with E-state index in [9.17, 15) is 4.79 Å². The van der Waals surface area contributed by atoms with Crippen molar-refractivity contribution in [3.8, 4) is 0 Å². The van der Waals surface area contributed by atoms with Gasteiger partial charge < -0.3 is 15.4 Å². The highest BCUT2D eigenvalue weighted by atomic mass is 35.5. The van der Waals surface area contributed by atoms with Crippen LogP contribution >= 0.6 is 12.4 Å². The molecule has 0 saturated heterocycles. The van der Waals surface area contributed by atoms with E-state index in [0.717, 1.165) is 24.9 Å². The molecule has 0 bridgehead atoms. The average molecular weight is 377 g/mol. The van der Waals surface area contributed by atoms with E-state index in [1.54, 1.807) is 7.11 Å². The molecule has 0 radical (unpaired) electrons. The second kappa shape index (κ2) is 12.5. The lowest BCUT2D eigenvalue weighted by Crippen LogP contribution is -2.36. The summed E-state index contributed by atoms with van der Waals surface area (Å²) in [6.45, 7) is 1.86. The number of hydrogen-bond acceptors (Lipinski definition) is 3. The molecule has 0 saturated carbocycles. The van der Waals surface area contributed by atoms with Crippen LogP contribution in [0, 0.1) is 0 Å². The standard InChI is InChI=1S/C21H28N2O2.ClH/c1-25-16-15-23(14-8-11-18-9-4-2-5-10-18)21(24)17-20(22)19-12-6-3-7-13-19;/h2-7,9-10,12-13,20H,8,11,14-17,22H2,1H3;1H. The zero-order chi connectivity index (χ0) is 17.9. The molecule has 2 N–H and O–H groups in total. The molecular formula is C21H29ClN2O2. The number of ether oxygens (including phenoxy) is 1. The lowest BCUT2D eigenvalue weighted by Gasteiger charge is -2.24. The van der Waals surface area contributed by atoms with E-state index >= 15 is 0 Å². The third-order valence-electron chi connectivity index (χ3n) is 4.28. The van der Waals surface area contributed by atoms with Gasteiger partial charge >= 0.3 is 0 Å². The number of rotatable bonds is 10. The van der Waals surface area contributed by atoms with Crippen LogP contribution < -0.4 is 5.73 Å². The van der Waals surface area contributed by atoms with Crippen molar-refractivity contribution in [2.75, 3.05) is 26.8 Å². The Labute approximate surface area is 162 Å². The van der Waals surface area contributed by atoms with E-state index in [-0.39, 0.29) is 24.4 Å². The van der Waals surface area contributed by atoms with Gasteiger partial charge in [0.05, 0.1) is 6.61 Å². The third kappa shape index (κ3) is 7.56. The molecule has 0 spiro atoms. The Morgan fingerprint density at radius 1 is 1.04 bits per heavy atom. The number of carbonyl (C=O) groups is 1. The first-order chi connectivity index (χ1) is 12.2. The topological polar surface area (TPSA) is 55.6 Å². The number of aryl methyl sites for hydroxylation is 1. The maximum Gasteiger partial charge on any atom is 0.224 e. The molecule has 1 amide bonds. The Bertz CT molecular complexity index is 622. The SMILES string of the molecule is COCCN(CCCc1ccccc1)C(=O)CC(N)c1ccccc1.Cl. The Morgan fingerprint density at radius 2 is 1.65 bits per heavy atom. The zero-order valence-corrected chi connectivity index (χ0v) is 16.2. The number of benzene rings is 2. The summed E-state index contributed by atoms with van der Waals surface area (Å²) < 4.78 is 5.15. The molecule has 2 aromatic rings. The van der Waals surface area contributed by atoms with E-state index in [4.69, 9.17) is 10.5 Å². The maximum atomic E-state index is 12.7. The largest absolute Gasteiger partial charge is 0.383 e. The van der Waals surface area contributed by atoms with Gasteiger partial charge in [-0.1, -0.05) is 60.7 Å². The number of nitrogens with two attached hydrogens (primary N) is 1. The van der Waals surface area contributed by atoms with Crippen LogP contribution in [0.25, 0.3) is 0 Å². The zero-order valence-electron chi connectivity index (χ0n) is 15.3. The second-order valence-corrected chi connectivity index (χ2v) is 6.18. The van der Waals surface area contributed by atoms with Crippen LogP contribution in [0.4, 0.5) is 0 Å². The predicted molar refractivity (Wildman–Crippen MR) is 108 cm³/mol. The quantitative estimate of drug-likeness (QED) is 0.689. The summed E-state index contributed by atoms with van der Waals surface area (Å²) >= 11 is 0. The van der Waals surface area contributed by atoms with E-state index in [1.807, 2.05) is 53.4 Å². The van der Waals surface area contributed by atoms with Crippen molar-refractivity contribution < 1.29 is 9.53 Å². The molecule has 0 heterocycles. The summed E-state index contributed by atoms with van der Waals surface area (Å²) in [6, 6.07) is 19.8. The normalized spacial score (nSPS) is 11.5. The Balaban J connectivity index is 0.00000338. The van der Waals surface area contributed by atoms with Crippen molar-refractivity contribution in [2.45, 2.75) is 25.3 Å². The smallest absolute Gasteiger partial charge is 0.224 e. The molecule has 4 nitrogen and oxygen atoms in total. The molecule has 2 aromatic carbocycles. The lowest BCUT2D eigenvalue weighted by atomic mass is 10.0. The molecule has 5 heteroatoms. The number of methoxy groups -OCH3 is 1. The monoisotopic (exact) mass is 376 g/mol. The van der Waals surface area contributed by atoms with Gasteiger partial charge in [-0.15, -0.1) is 12.4 Å². The highest BCUT2D eigenvalue weighted by Crippen LogP contribution is 2.15. The third-order valence-corrected chi connectivity index (χ3v) is 4.28. The Morgan fingerprint density at radius 3 is 2.27 bits per heavy atom. The first kappa shape index (κ1) is 22.2.